The molecule has 0 saturated carbocycles. The lowest BCUT2D eigenvalue weighted by atomic mass is 9.90. The Morgan fingerprint density at radius 3 is 1.35 bits per heavy atom. The van der Waals surface area contributed by atoms with E-state index < -0.39 is 0 Å². The fourth-order valence-corrected chi connectivity index (χ4v) is 5.08. The van der Waals surface area contributed by atoms with Crippen molar-refractivity contribution in [2.45, 2.75) is 27.7 Å². The van der Waals surface area contributed by atoms with Gasteiger partial charge in [-0.3, -0.25) is 19.8 Å². The average Bonchev–Trinajstić information content (AvgIpc) is 2.85. The third kappa shape index (κ3) is 7.87. The van der Waals surface area contributed by atoms with Crippen LogP contribution in [0.1, 0.15) is 27.7 Å². The van der Waals surface area contributed by atoms with Crippen molar-refractivity contribution in [3.8, 4) is 11.5 Å². The van der Waals surface area contributed by atoms with Gasteiger partial charge in [0.1, 0.15) is 11.5 Å². The second-order valence-corrected chi connectivity index (χ2v) is 11.5. The van der Waals surface area contributed by atoms with E-state index in [0.717, 1.165) is 69.1 Å². The minimum atomic E-state index is 0.0935. The number of nitrogens with zero attached hydrogens (tertiary/aromatic N) is 8. The van der Waals surface area contributed by atoms with Gasteiger partial charge in [0.25, 0.3) is 0 Å². The molecule has 2 aromatic rings. The summed E-state index contributed by atoms with van der Waals surface area (Å²) in [6.45, 7) is 15.1. The monoisotopic (exact) mass is 508 g/mol. The standard InChI is InChI=1S/C27H40N8O2/c1-26(2)15-32(20-34(17-26)30-28-22-7-11-24(36-5)12-8-22)19-33-16-27(3,4)18-35(21-33)31-29-23-9-13-25(37-6)14-10-23/h7-14H,15-21H2,1-6H3. The highest BCUT2D eigenvalue weighted by Crippen LogP contribution is 2.29. The van der Waals surface area contributed by atoms with Crippen LogP contribution in [0.5, 0.6) is 11.5 Å². The molecule has 2 aliphatic rings. The number of rotatable bonds is 8. The van der Waals surface area contributed by atoms with Crippen LogP contribution in [0.3, 0.4) is 0 Å². The van der Waals surface area contributed by atoms with Crippen molar-refractivity contribution in [3.63, 3.8) is 0 Å². The Kier molecular flexibility index (Phi) is 8.29. The van der Waals surface area contributed by atoms with Gasteiger partial charge in [0.2, 0.25) is 0 Å². The van der Waals surface area contributed by atoms with Crippen molar-refractivity contribution >= 4 is 11.4 Å². The van der Waals surface area contributed by atoms with Crippen molar-refractivity contribution in [1.82, 2.24) is 19.8 Å². The topological polar surface area (TPSA) is 80.9 Å². The minimum Gasteiger partial charge on any atom is -0.497 e. The summed E-state index contributed by atoms with van der Waals surface area (Å²) in [5.41, 5.74) is 1.81. The summed E-state index contributed by atoms with van der Waals surface area (Å²) in [6, 6.07) is 15.3. The van der Waals surface area contributed by atoms with Crippen molar-refractivity contribution < 1.29 is 9.47 Å². The molecule has 4 rings (SSSR count). The highest BCUT2D eigenvalue weighted by Gasteiger charge is 2.35. The van der Waals surface area contributed by atoms with Gasteiger partial charge in [0, 0.05) is 26.2 Å². The molecular weight excluding hydrogens is 468 g/mol. The Balaban J connectivity index is 1.38. The van der Waals surface area contributed by atoms with Crippen LogP contribution in [0.2, 0.25) is 0 Å². The molecule has 0 unspecified atom stereocenters. The average molecular weight is 509 g/mol. The number of hydrogen-bond donors (Lipinski definition) is 0. The molecule has 0 atom stereocenters. The number of methoxy groups -OCH3 is 2. The smallest absolute Gasteiger partial charge is 0.119 e. The maximum atomic E-state index is 5.23. The minimum absolute atomic E-state index is 0.0935. The molecule has 0 bridgehead atoms. The van der Waals surface area contributed by atoms with Gasteiger partial charge < -0.3 is 9.47 Å². The Bertz CT molecular complexity index is 983. The molecule has 0 aromatic heterocycles. The van der Waals surface area contributed by atoms with Gasteiger partial charge in [-0.15, -0.1) is 10.2 Å². The second kappa shape index (κ2) is 11.4. The van der Waals surface area contributed by atoms with Crippen LogP contribution in [0.15, 0.2) is 69.2 Å². The van der Waals surface area contributed by atoms with Gasteiger partial charge in [-0.05, 0) is 59.4 Å². The quantitative estimate of drug-likeness (QED) is 0.434. The third-order valence-corrected chi connectivity index (χ3v) is 6.37. The summed E-state index contributed by atoms with van der Waals surface area (Å²) in [5.74, 6) is 1.62. The van der Waals surface area contributed by atoms with Crippen molar-refractivity contribution in [2.24, 2.45) is 31.5 Å². The van der Waals surface area contributed by atoms with E-state index in [-0.39, 0.29) is 10.8 Å². The molecule has 200 valence electrons. The number of benzene rings is 2. The van der Waals surface area contributed by atoms with Crippen LogP contribution in [0.25, 0.3) is 0 Å². The first-order chi connectivity index (χ1) is 17.6. The normalized spacial score (nSPS) is 20.6. The van der Waals surface area contributed by atoms with Gasteiger partial charge in [0.05, 0.1) is 45.6 Å². The summed E-state index contributed by atoms with van der Waals surface area (Å²) < 4.78 is 10.5. The predicted octanol–water partition coefficient (Wildman–Crippen LogP) is 5.56. The summed E-state index contributed by atoms with van der Waals surface area (Å²) in [5, 5.41) is 22.2. The Labute approximate surface area is 220 Å². The molecule has 2 heterocycles. The molecule has 37 heavy (non-hydrogen) atoms. The number of ether oxygens (including phenoxy) is 2. The molecule has 2 saturated heterocycles. The SMILES string of the molecule is COc1ccc(N=NN2CN(CN3CN(N=Nc4ccc(OC)cc4)CC(C)(C)C3)CC(C)(C)C2)cc1. The molecule has 10 nitrogen and oxygen atoms in total. The summed E-state index contributed by atoms with van der Waals surface area (Å²) in [6.07, 6.45) is 0. The summed E-state index contributed by atoms with van der Waals surface area (Å²) in [4.78, 5) is 4.88. The highest BCUT2D eigenvalue weighted by atomic mass is 16.5. The van der Waals surface area contributed by atoms with Crippen molar-refractivity contribution in [1.29, 1.82) is 0 Å². The first-order valence-electron chi connectivity index (χ1n) is 12.7. The molecule has 0 radical (unpaired) electrons. The van der Waals surface area contributed by atoms with Gasteiger partial charge in [-0.2, -0.15) is 0 Å². The van der Waals surface area contributed by atoms with Crippen LogP contribution in [0, 0.1) is 10.8 Å². The molecule has 2 aliphatic heterocycles. The zero-order valence-corrected chi connectivity index (χ0v) is 23.0. The van der Waals surface area contributed by atoms with Crippen LogP contribution < -0.4 is 9.47 Å². The van der Waals surface area contributed by atoms with Crippen molar-refractivity contribution in [2.75, 3.05) is 60.4 Å². The van der Waals surface area contributed by atoms with Gasteiger partial charge in [-0.25, -0.2) is 0 Å². The van der Waals surface area contributed by atoms with E-state index in [1.807, 2.05) is 48.5 Å². The van der Waals surface area contributed by atoms with Crippen molar-refractivity contribution in [3.05, 3.63) is 48.5 Å². The first kappa shape index (κ1) is 26.8. The lowest BCUT2D eigenvalue weighted by Crippen LogP contribution is -2.58. The van der Waals surface area contributed by atoms with E-state index in [1.165, 1.54) is 0 Å². The van der Waals surface area contributed by atoms with Crippen LogP contribution in [-0.2, 0) is 0 Å². The lowest BCUT2D eigenvalue weighted by Gasteiger charge is -2.47. The van der Waals surface area contributed by atoms with E-state index in [2.05, 4.69) is 68.2 Å². The Hall–Kier alpha value is -3.24. The molecular formula is C27H40N8O2. The van der Waals surface area contributed by atoms with Gasteiger partial charge in [0.15, 0.2) is 0 Å². The molecule has 0 N–H and O–H groups in total. The van der Waals surface area contributed by atoms with Crippen LogP contribution in [-0.4, -0.2) is 80.2 Å². The van der Waals surface area contributed by atoms with E-state index in [0.29, 0.717) is 0 Å². The fraction of sp³-hybridized carbons (Fsp3) is 0.556. The zero-order valence-electron chi connectivity index (χ0n) is 23.0. The Morgan fingerprint density at radius 2 is 1.00 bits per heavy atom. The van der Waals surface area contributed by atoms with Crippen LogP contribution in [0.4, 0.5) is 11.4 Å². The summed E-state index contributed by atoms with van der Waals surface area (Å²) >= 11 is 0. The molecule has 10 heteroatoms. The highest BCUT2D eigenvalue weighted by molar-refractivity contribution is 5.41. The molecule has 0 spiro atoms. The van der Waals surface area contributed by atoms with E-state index >= 15 is 0 Å². The largest absolute Gasteiger partial charge is 0.497 e. The second-order valence-electron chi connectivity index (χ2n) is 11.5. The van der Waals surface area contributed by atoms with Gasteiger partial charge in [-0.1, -0.05) is 38.1 Å². The van der Waals surface area contributed by atoms with Crippen LogP contribution >= 0.6 is 0 Å². The maximum Gasteiger partial charge on any atom is 0.119 e. The maximum absolute atomic E-state index is 5.23. The van der Waals surface area contributed by atoms with E-state index in [9.17, 15) is 0 Å². The summed E-state index contributed by atoms with van der Waals surface area (Å²) in [7, 11) is 3.32. The zero-order chi connectivity index (χ0) is 26.5. The van der Waals surface area contributed by atoms with Gasteiger partial charge >= 0.3 is 0 Å². The predicted molar refractivity (Wildman–Crippen MR) is 144 cm³/mol. The third-order valence-electron chi connectivity index (χ3n) is 6.37. The molecule has 0 aliphatic carbocycles. The first-order valence-corrected chi connectivity index (χ1v) is 12.7. The molecule has 0 amide bonds. The molecule has 2 aromatic carbocycles. The molecule has 2 fully saturated rings. The Morgan fingerprint density at radius 1 is 0.622 bits per heavy atom. The van der Waals surface area contributed by atoms with E-state index in [1.54, 1.807) is 14.2 Å². The lowest BCUT2D eigenvalue weighted by molar-refractivity contribution is -0.0654. The number of hydrogen-bond acceptors (Lipinski definition) is 8. The fourth-order valence-electron chi connectivity index (χ4n) is 5.08. The van der Waals surface area contributed by atoms with E-state index in [4.69, 9.17) is 9.47 Å².